The van der Waals surface area contributed by atoms with Gasteiger partial charge in [-0.25, -0.2) is 4.79 Å². The van der Waals surface area contributed by atoms with Gasteiger partial charge in [-0.2, -0.15) is 0 Å². The number of carbonyl (C=O) groups is 2. The molecule has 2 heterocycles. The topological polar surface area (TPSA) is 67.5 Å². The monoisotopic (exact) mass is 296 g/mol. The molecular formula is C13H12O4S2. The van der Waals surface area contributed by atoms with Crippen molar-refractivity contribution in [2.45, 2.75) is 12.2 Å². The van der Waals surface area contributed by atoms with Gasteiger partial charge in [0.1, 0.15) is 11.3 Å². The Kier molecular flexibility index (Phi) is 4.55. The minimum atomic E-state index is -1.18. The van der Waals surface area contributed by atoms with E-state index in [2.05, 4.69) is 0 Å². The normalized spacial score (nSPS) is 21.8. The van der Waals surface area contributed by atoms with Crippen LogP contribution in [0.4, 0.5) is 0 Å². The highest BCUT2D eigenvalue weighted by atomic mass is 32.2. The van der Waals surface area contributed by atoms with E-state index in [0.717, 1.165) is 5.75 Å². The number of furan rings is 1. The van der Waals surface area contributed by atoms with Gasteiger partial charge >= 0.3 is 5.97 Å². The highest BCUT2D eigenvalue weighted by Gasteiger charge is 2.27. The second kappa shape index (κ2) is 6.16. The number of carbonyl (C=O) groups excluding carboxylic acids is 1. The Bertz CT molecular complexity index is 543. The first-order valence-corrected chi connectivity index (χ1v) is 7.47. The summed E-state index contributed by atoms with van der Waals surface area (Å²) >= 11 is 2.86. The molecule has 0 aliphatic carbocycles. The summed E-state index contributed by atoms with van der Waals surface area (Å²) in [4.78, 5) is 23.2. The lowest BCUT2D eigenvalue weighted by Gasteiger charge is -2.02. The molecule has 1 aromatic heterocycles. The van der Waals surface area contributed by atoms with Crippen molar-refractivity contribution in [2.24, 2.45) is 0 Å². The Morgan fingerprint density at radius 3 is 2.84 bits per heavy atom. The fourth-order valence-electron chi connectivity index (χ4n) is 1.50. The number of thioether (sulfide) groups is 2. The summed E-state index contributed by atoms with van der Waals surface area (Å²) in [6.07, 6.45) is 4.20. The number of carboxylic acids is 1. The van der Waals surface area contributed by atoms with Crippen LogP contribution in [-0.4, -0.2) is 27.9 Å². The average Bonchev–Trinajstić information content (AvgIpc) is 2.98. The maximum absolute atomic E-state index is 12.0. The molecule has 1 aliphatic heterocycles. The van der Waals surface area contributed by atoms with E-state index < -0.39 is 11.8 Å². The van der Waals surface area contributed by atoms with Gasteiger partial charge in [0.15, 0.2) is 5.78 Å². The zero-order valence-corrected chi connectivity index (χ0v) is 11.8. The number of hydrogen-bond acceptors (Lipinski definition) is 5. The van der Waals surface area contributed by atoms with Gasteiger partial charge in [0.2, 0.25) is 0 Å². The van der Waals surface area contributed by atoms with Crippen molar-refractivity contribution in [1.29, 1.82) is 0 Å². The molecule has 1 N–H and O–H groups in total. The summed E-state index contributed by atoms with van der Waals surface area (Å²) in [5.41, 5.74) is -0.151. The van der Waals surface area contributed by atoms with Crippen molar-refractivity contribution < 1.29 is 19.1 Å². The molecule has 0 saturated carbocycles. The first kappa shape index (κ1) is 14.0. The Balaban J connectivity index is 2.21. The zero-order valence-electron chi connectivity index (χ0n) is 10.2. The van der Waals surface area contributed by atoms with Crippen LogP contribution in [0.2, 0.25) is 0 Å². The third-order valence-corrected chi connectivity index (χ3v) is 5.34. The van der Waals surface area contributed by atoms with Crippen LogP contribution in [-0.2, 0) is 9.59 Å². The van der Waals surface area contributed by atoms with Crippen LogP contribution in [0.25, 0.3) is 6.08 Å². The second-order valence-electron chi connectivity index (χ2n) is 3.92. The van der Waals surface area contributed by atoms with E-state index in [0.29, 0.717) is 15.2 Å². The van der Waals surface area contributed by atoms with Gasteiger partial charge in [-0.15, -0.1) is 23.5 Å². The molecule has 19 heavy (non-hydrogen) atoms. The number of rotatable bonds is 4. The largest absolute Gasteiger partial charge is 0.477 e. The maximum atomic E-state index is 12.0. The summed E-state index contributed by atoms with van der Waals surface area (Å²) in [5, 5.41) is 9.51. The van der Waals surface area contributed by atoms with Gasteiger partial charge in [0, 0.05) is 11.0 Å². The average molecular weight is 296 g/mol. The van der Waals surface area contributed by atoms with Gasteiger partial charge in [-0.1, -0.05) is 6.92 Å². The van der Waals surface area contributed by atoms with E-state index in [9.17, 15) is 14.7 Å². The maximum Gasteiger partial charge on any atom is 0.341 e. The molecule has 1 saturated heterocycles. The van der Waals surface area contributed by atoms with Crippen molar-refractivity contribution in [3.8, 4) is 0 Å². The van der Waals surface area contributed by atoms with E-state index in [1.807, 2.05) is 6.92 Å². The summed E-state index contributed by atoms with van der Waals surface area (Å²) in [7, 11) is 0. The molecule has 1 aliphatic rings. The molecule has 0 aromatic carbocycles. The highest BCUT2D eigenvalue weighted by Crippen LogP contribution is 2.43. The third kappa shape index (κ3) is 3.54. The Morgan fingerprint density at radius 2 is 2.32 bits per heavy atom. The van der Waals surface area contributed by atoms with Gasteiger partial charge in [-0.05, 0) is 24.3 Å². The molecule has 2 rings (SSSR count). The highest BCUT2D eigenvalue weighted by molar-refractivity contribution is 8.25. The van der Waals surface area contributed by atoms with Crippen LogP contribution in [0.15, 0.2) is 38.7 Å². The van der Waals surface area contributed by atoms with Crippen LogP contribution in [0.3, 0.4) is 0 Å². The van der Waals surface area contributed by atoms with Crippen LogP contribution < -0.4 is 0 Å². The third-order valence-electron chi connectivity index (χ3n) is 2.36. The molecule has 0 unspecified atom stereocenters. The van der Waals surface area contributed by atoms with E-state index in [1.165, 1.54) is 41.9 Å². The first-order valence-electron chi connectivity index (χ1n) is 5.61. The molecule has 1 atom stereocenters. The Labute approximate surface area is 118 Å². The van der Waals surface area contributed by atoms with Crippen molar-refractivity contribution in [1.82, 2.24) is 0 Å². The molecule has 1 fully saturated rings. The lowest BCUT2D eigenvalue weighted by molar-refractivity contribution is -0.134. The molecule has 4 nitrogen and oxygen atoms in total. The van der Waals surface area contributed by atoms with E-state index in [-0.39, 0.29) is 5.57 Å². The van der Waals surface area contributed by atoms with Crippen molar-refractivity contribution in [2.75, 3.05) is 5.75 Å². The van der Waals surface area contributed by atoms with Gasteiger partial charge in [0.25, 0.3) is 0 Å². The molecule has 1 aromatic rings. The minimum absolute atomic E-state index is 0.151. The van der Waals surface area contributed by atoms with Crippen molar-refractivity contribution in [3.05, 3.63) is 40.0 Å². The zero-order chi connectivity index (χ0) is 13.8. The molecule has 0 spiro atoms. The fraction of sp³-hybridized carbons (Fsp3) is 0.231. The van der Waals surface area contributed by atoms with Crippen LogP contribution in [0, 0.1) is 0 Å². The lowest BCUT2D eigenvalue weighted by atomic mass is 10.2. The van der Waals surface area contributed by atoms with Crippen molar-refractivity contribution >= 4 is 41.4 Å². The smallest absolute Gasteiger partial charge is 0.341 e. The van der Waals surface area contributed by atoms with E-state index >= 15 is 0 Å². The molecule has 0 amide bonds. The summed E-state index contributed by atoms with van der Waals surface area (Å²) in [5.74, 6) is -0.347. The quantitative estimate of drug-likeness (QED) is 0.523. The van der Waals surface area contributed by atoms with Gasteiger partial charge in [0.05, 0.1) is 10.5 Å². The standard InChI is InChI=1S/C13H12O4S2/c1-8-7-18-13(19-8)11(12(15)16)10(14)5-4-9-3-2-6-17-9/h2-6,8H,7H2,1H3,(H,15,16)/b5-4+,13-11+/t8-/m1/s1. The fourth-order valence-corrected chi connectivity index (χ4v) is 4.33. The minimum Gasteiger partial charge on any atom is -0.477 e. The molecule has 0 bridgehead atoms. The van der Waals surface area contributed by atoms with Crippen LogP contribution in [0.1, 0.15) is 12.7 Å². The number of allylic oxidation sites excluding steroid dienone is 1. The molecule has 6 heteroatoms. The van der Waals surface area contributed by atoms with E-state index in [1.54, 1.807) is 12.1 Å². The van der Waals surface area contributed by atoms with Gasteiger partial charge < -0.3 is 9.52 Å². The molecule has 0 radical (unpaired) electrons. The Hall–Kier alpha value is -1.40. The first-order chi connectivity index (χ1) is 9.08. The number of hydrogen-bond donors (Lipinski definition) is 1. The molecule has 100 valence electrons. The predicted octanol–water partition coefficient (Wildman–Crippen LogP) is 3.03. The number of ketones is 1. The van der Waals surface area contributed by atoms with E-state index in [4.69, 9.17) is 4.42 Å². The number of aliphatic carboxylic acids is 1. The summed E-state index contributed by atoms with van der Waals surface area (Å²) < 4.78 is 5.65. The van der Waals surface area contributed by atoms with Crippen LogP contribution >= 0.6 is 23.5 Å². The molecular weight excluding hydrogens is 284 g/mol. The summed E-state index contributed by atoms with van der Waals surface area (Å²) in [6, 6.07) is 3.39. The number of carboxylic acid groups (broad SMARTS) is 1. The predicted molar refractivity (Wildman–Crippen MR) is 76.9 cm³/mol. The Morgan fingerprint density at radius 1 is 1.53 bits per heavy atom. The second-order valence-corrected chi connectivity index (χ2v) is 6.66. The van der Waals surface area contributed by atoms with Crippen LogP contribution in [0.5, 0.6) is 0 Å². The van der Waals surface area contributed by atoms with Crippen molar-refractivity contribution in [3.63, 3.8) is 0 Å². The van der Waals surface area contributed by atoms with Gasteiger partial charge in [-0.3, -0.25) is 4.79 Å². The lowest BCUT2D eigenvalue weighted by Crippen LogP contribution is -2.11. The SMILES string of the molecule is C[C@@H]1CS/C(=C(\C(=O)O)C(=O)/C=C/c2ccco2)S1. The summed E-state index contributed by atoms with van der Waals surface area (Å²) in [6.45, 7) is 2.01.